The summed E-state index contributed by atoms with van der Waals surface area (Å²) in [5, 5.41) is 0. The Morgan fingerprint density at radius 2 is 2.00 bits per heavy atom. The fraction of sp³-hybridized carbons (Fsp3) is 0.357. The number of carbonyl (C=O) groups is 1. The van der Waals surface area contributed by atoms with E-state index in [1.165, 1.54) is 17.7 Å². The van der Waals surface area contributed by atoms with Gasteiger partial charge in [0.25, 0.3) is 0 Å². The molecule has 1 aromatic rings. The van der Waals surface area contributed by atoms with Crippen molar-refractivity contribution < 1.29 is 9.18 Å². The Kier molecular flexibility index (Phi) is 3.27. The lowest BCUT2D eigenvalue weighted by Gasteiger charge is -2.28. The van der Waals surface area contributed by atoms with E-state index in [0.717, 1.165) is 12.0 Å². The van der Waals surface area contributed by atoms with Crippen LogP contribution in [-0.2, 0) is 4.79 Å². The van der Waals surface area contributed by atoms with Gasteiger partial charge in [0.2, 0.25) is 5.91 Å². The number of nitrogens with two attached hydrogens (primary N) is 1. The van der Waals surface area contributed by atoms with Gasteiger partial charge < -0.3 is 5.73 Å². The van der Waals surface area contributed by atoms with Crippen LogP contribution < -0.4 is 5.73 Å². The zero-order chi connectivity index (χ0) is 12.4. The van der Waals surface area contributed by atoms with E-state index in [0.29, 0.717) is 6.42 Å². The minimum absolute atomic E-state index is 0.0816. The first-order chi connectivity index (χ1) is 8.08. The second-order valence-electron chi connectivity index (χ2n) is 4.66. The van der Waals surface area contributed by atoms with Gasteiger partial charge in [-0.15, -0.1) is 0 Å². The lowest BCUT2D eigenvalue weighted by molar-refractivity contribution is -0.122. The molecular weight excluding hydrogens is 217 g/mol. The van der Waals surface area contributed by atoms with Gasteiger partial charge in [-0.3, -0.25) is 4.79 Å². The maximum absolute atomic E-state index is 12.9. The molecule has 0 saturated carbocycles. The third-order valence-corrected chi connectivity index (χ3v) is 3.41. The smallest absolute Gasteiger partial charge is 0.221 e. The van der Waals surface area contributed by atoms with Crippen LogP contribution in [0.15, 0.2) is 35.9 Å². The molecule has 0 heterocycles. The number of hydrogen-bond donors (Lipinski definition) is 1. The van der Waals surface area contributed by atoms with Gasteiger partial charge in [0.05, 0.1) is 0 Å². The summed E-state index contributed by atoms with van der Waals surface area (Å²) < 4.78 is 12.9. The van der Waals surface area contributed by atoms with Crippen LogP contribution in [0.25, 0.3) is 0 Å². The van der Waals surface area contributed by atoms with E-state index in [-0.39, 0.29) is 23.6 Å². The molecule has 0 aliphatic heterocycles. The topological polar surface area (TPSA) is 43.1 Å². The Bertz CT molecular complexity index is 450. The number of hydrogen-bond acceptors (Lipinski definition) is 1. The van der Waals surface area contributed by atoms with Gasteiger partial charge in [-0.1, -0.05) is 23.8 Å². The van der Waals surface area contributed by atoms with E-state index < -0.39 is 0 Å². The molecule has 0 aromatic heterocycles. The number of rotatable bonds is 2. The molecule has 3 heteroatoms. The highest BCUT2D eigenvalue weighted by Crippen LogP contribution is 2.37. The highest BCUT2D eigenvalue weighted by atomic mass is 19.1. The van der Waals surface area contributed by atoms with E-state index in [9.17, 15) is 9.18 Å². The Labute approximate surface area is 100 Å². The zero-order valence-electron chi connectivity index (χ0n) is 9.82. The standard InChI is InChI=1S/C14H16FNO/c1-9-2-7-12(14(16)17)13(8-9)10-3-5-11(15)6-4-10/h2-6,12-13H,7-8H2,1H3,(H2,16,17)/t12-,13+/m1/s1. The first-order valence-corrected chi connectivity index (χ1v) is 5.78. The van der Waals surface area contributed by atoms with Gasteiger partial charge in [0.1, 0.15) is 5.82 Å². The number of amides is 1. The maximum atomic E-state index is 12.9. The molecule has 2 rings (SSSR count). The lowest BCUT2D eigenvalue weighted by atomic mass is 9.76. The third kappa shape index (κ3) is 2.54. The SMILES string of the molecule is CC1=CC[C@@H](C(N)=O)[C@H](c2ccc(F)cc2)C1. The molecule has 1 aliphatic carbocycles. The number of halogens is 1. The second-order valence-corrected chi connectivity index (χ2v) is 4.66. The number of benzene rings is 1. The van der Waals surface area contributed by atoms with Crippen LogP contribution in [0.5, 0.6) is 0 Å². The van der Waals surface area contributed by atoms with Crippen LogP contribution in [0, 0.1) is 11.7 Å². The first kappa shape index (κ1) is 11.8. The van der Waals surface area contributed by atoms with Crippen molar-refractivity contribution in [1.82, 2.24) is 0 Å². The first-order valence-electron chi connectivity index (χ1n) is 5.78. The normalized spacial score (nSPS) is 24.2. The molecule has 2 N–H and O–H groups in total. The van der Waals surface area contributed by atoms with E-state index in [1.807, 2.05) is 6.92 Å². The average molecular weight is 233 g/mol. The monoisotopic (exact) mass is 233 g/mol. The van der Waals surface area contributed by atoms with Crippen molar-refractivity contribution in [3.05, 3.63) is 47.3 Å². The molecule has 0 saturated heterocycles. The molecular formula is C14H16FNO. The van der Waals surface area contributed by atoms with E-state index in [1.54, 1.807) is 12.1 Å². The Balaban J connectivity index is 2.31. The van der Waals surface area contributed by atoms with Gasteiger partial charge >= 0.3 is 0 Å². The van der Waals surface area contributed by atoms with Gasteiger partial charge in [-0.05, 0) is 43.4 Å². The molecule has 0 unspecified atom stereocenters. The molecule has 1 aromatic carbocycles. The van der Waals surface area contributed by atoms with Crippen LogP contribution in [0.2, 0.25) is 0 Å². The van der Waals surface area contributed by atoms with Crippen LogP contribution >= 0.6 is 0 Å². The molecule has 0 bridgehead atoms. The summed E-state index contributed by atoms with van der Waals surface area (Å²) in [5.74, 6) is -0.627. The highest BCUT2D eigenvalue weighted by Gasteiger charge is 2.29. The van der Waals surface area contributed by atoms with Crippen molar-refractivity contribution in [3.63, 3.8) is 0 Å². The summed E-state index contributed by atoms with van der Waals surface area (Å²) in [6, 6.07) is 6.35. The molecule has 1 aliphatic rings. The average Bonchev–Trinajstić information content (AvgIpc) is 2.29. The number of allylic oxidation sites excluding steroid dienone is 2. The van der Waals surface area contributed by atoms with Crippen molar-refractivity contribution in [2.75, 3.05) is 0 Å². The van der Waals surface area contributed by atoms with Crippen molar-refractivity contribution in [1.29, 1.82) is 0 Å². The summed E-state index contributed by atoms with van der Waals surface area (Å²) in [6.45, 7) is 2.05. The summed E-state index contributed by atoms with van der Waals surface area (Å²) in [5.41, 5.74) is 7.68. The fourth-order valence-corrected chi connectivity index (χ4v) is 2.44. The van der Waals surface area contributed by atoms with Crippen molar-refractivity contribution >= 4 is 5.91 Å². The van der Waals surface area contributed by atoms with Crippen molar-refractivity contribution in [2.24, 2.45) is 11.7 Å². The van der Waals surface area contributed by atoms with Crippen molar-refractivity contribution in [2.45, 2.75) is 25.7 Å². The summed E-state index contributed by atoms with van der Waals surface area (Å²) in [6.07, 6.45) is 3.57. The van der Waals surface area contributed by atoms with E-state index >= 15 is 0 Å². The predicted molar refractivity (Wildman–Crippen MR) is 64.8 cm³/mol. The zero-order valence-corrected chi connectivity index (χ0v) is 9.82. The summed E-state index contributed by atoms with van der Waals surface area (Å²) in [4.78, 5) is 11.4. The minimum atomic E-state index is -0.275. The van der Waals surface area contributed by atoms with Crippen LogP contribution in [0.3, 0.4) is 0 Å². The maximum Gasteiger partial charge on any atom is 0.221 e. The van der Waals surface area contributed by atoms with Crippen LogP contribution in [0.1, 0.15) is 31.2 Å². The van der Waals surface area contributed by atoms with E-state index in [2.05, 4.69) is 6.08 Å². The largest absolute Gasteiger partial charge is 0.369 e. The summed E-state index contributed by atoms with van der Waals surface area (Å²) >= 11 is 0. The number of carbonyl (C=O) groups excluding carboxylic acids is 1. The molecule has 2 nitrogen and oxygen atoms in total. The Hall–Kier alpha value is -1.64. The van der Waals surface area contributed by atoms with Crippen LogP contribution in [-0.4, -0.2) is 5.91 Å². The number of primary amides is 1. The minimum Gasteiger partial charge on any atom is -0.369 e. The third-order valence-electron chi connectivity index (χ3n) is 3.41. The molecule has 1 amide bonds. The predicted octanol–water partition coefficient (Wildman–Crippen LogP) is 2.75. The Morgan fingerprint density at radius 3 is 2.59 bits per heavy atom. The molecule has 0 spiro atoms. The van der Waals surface area contributed by atoms with Gasteiger partial charge in [-0.25, -0.2) is 4.39 Å². The molecule has 0 fully saturated rings. The van der Waals surface area contributed by atoms with Crippen LogP contribution in [0.4, 0.5) is 4.39 Å². The Morgan fingerprint density at radius 1 is 1.35 bits per heavy atom. The van der Waals surface area contributed by atoms with Gasteiger partial charge in [0, 0.05) is 5.92 Å². The second kappa shape index (κ2) is 4.70. The molecule has 17 heavy (non-hydrogen) atoms. The van der Waals surface area contributed by atoms with E-state index in [4.69, 9.17) is 5.73 Å². The molecule has 0 radical (unpaired) electrons. The molecule has 90 valence electrons. The highest BCUT2D eigenvalue weighted by molar-refractivity contribution is 5.78. The quantitative estimate of drug-likeness (QED) is 0.784. The summed E-state index contributed by atoms with van der Waals surface area (Å²) in [7, 11) is 0. The van der Waals surface area contributed by atoms with Gasteiger partial charge in [0.15, 0.2) is 0 Å². The fourth-order valence-electron chi connectivity index (χ4n) is 2.44. The lowest BCUT2D eigenvalue weighted by Crippen LogP contribution is -2.30. The van der Waals surface area contributed by atoms with Gasteiger partial charge in [-0.2, -0.15) is 0 Å². The van der Waals surface area contributed by atoms with Crippen molar-refractivity contribution in [3.8, 4) is 0 Å². The molecule has 2 atom stereocenters.